The smallest absolute Gasteiger partial charge is 0.273 e. The van der Waals surface area contributed by atoms with Gasteiger partial charge in [0.15, 0.2) is 11.7 Å². The highest BCUT2D eigenvalue weighted by Gasteiger charge is 2.11. The Balaban J connectivity index is 1.60. The summed E-state index contributed by atoms with van der Waals surface area (Å²) in [4.78, 5) is 26.4. The van der Waals surface area contributed by atoms with Crippen molar-refractivity contribution in [2.45, 2.75) is 0 Å². The van der Waals surface area contributed by atoms with Crippen molar-refractivity contribution in [1.82, 2.24) is 4.98 Å². The number of carbonyl (C=O) groups excluding carboxylic acids is 1. The summed E-state index contributed by atoms with van der Waals surface area (Å²) in [7, 11) is 0. The van der Waals surface area contributed by atoms with E-state index in [0.29, 0.717) is 16.4 Å². The van der Waals surface area contributed by atoms with Gasteiger partial charge in [0.1, 0.15) is 11.6 Å². The Morgan fingerprint density at radius 3 is 2.89 bits per heavy atom. The average Bonchev–Trinajstić information content (AvgIpc) is 3.11. The van der Waals surface area contributed by atoms with E-state index in [2.05, 4.69) is 10.3 Å². The predicted molar refractivity (Wildman–Crippen MR) is 99.7 cm³/mol. The van der Waals surface area contributed by atoms with Gasteiger partial charge in [-0.3, -0.25) is 20.2 Å². The number of ether oxygens (including phenoxy) is 1. The molecule has 0 aliphatic rings. The van der Waals surface area contributed by atoms with Gasteiger partial charge in [0.25, 0.3) is 11.6 Å². The van der Waals surface area contributed by atoms with E-state index in [1.165, 1.54) is 53.8 Å². The van der Waals surface area contributed by atoms with Crippen molar-refractivity contribution in [3.8, 4) is 17.0 Å². The Labute approximate surface area is 161 Å². The number of carbonyl (C=O) groups is 1. The van der Waals surface area contributed by atoms with Crippen molar-refractivity contribution < 1.29 is 18.8 Å². The maximum absolute atomic E-state index is 13.2. The van der Waals surface area contributed by atoms with Crippen molar-refractivity contribution in [3.05, 3.63) is 68.8 Å². The van der Waals surface area contributed by atoms with Gasteiger partial charge in [-0.1, -0.05) is 17.7 Å². The van der Waals surface area contributed by atoms with Gasteiger partial charge in [0.2, 0.25) is 0 Å². The van der Waals surface area contributed by atoms with Crippen LogP contribution in [-0.4, -0.2) is 22.4 Å². The highest BCUT2D eigenvalue weighted by Crippen LogP contribution is 2.28. The molecule has 0 spiro atoms. The van der Waals surface area contributed by atoms with Crippen LogP contribution in [0.3, 0.4) is 0 Å². The van der Waals surface area contributed by atoms with Crippen LogP contribution in [0, 0.1) is 15.9 Å². The second-order valence-corrected chi connectivity index (χ2v) is 6.52. The molecule has 1 heterocycles. The summed E-state index contributed by atoms with van der Waals surface area (Å²) in [6, 6.07) is 9.75. The molecule has 0 fully saturated rings. The summed E-state index contributed by atoms with van der Waals surface area (Å²) >= 11 is 6.94. The van der Waals surface area contributed by atoms with Gasteiger partial charge in [-0.15, -0.1) is 11.3 Å². The van der Waals surface area contributed by atoms with Crippen LogP contribution in [0.4, 0.5) is 15.2 Å². The SMILES string of the molecule is O=C(COc1cccc([N+](=O)[O-])c1)Nc1nc(-c2ccc(F)c(Cl)c2)cs1. The zero-order valence-corrected chi connectivity index (χ0v) is 15.1. The van der Waals surface area contributed by atoms with Gasteiger partial charge in [0.05, 0.1) is 21.7 Å². The summed E-state index contributed by atoms with van der Waals surface area (Å²) < 4.78 is 18.5. The standard InChI is InChI=1S/C17H11ClFN3O4S/c18-13-6-10(4-5-14(13)19)15-9-27-17(20-15)21-16(23)8-26-12-3-1-2-11(7-12)22(24)25/h1-7,9H,8H2,(H,20,21,23). The Kier molecular flexibility index (Phi) is 5.63. The lowest BCUT2D eigenvalue weighted by atomic mass is 10.2. The predicted octanol–water partition coefficient (Wildman–Crippen LogP) is 4.53. The van der Waals surface area contributed by atoms with Crippen LogP contribution in [0.25, 0.3) is 11.3 Å². The molecule has 0 saturated heterocycles. The van der Waals surface area contributed by atoms with E-state index in [1.54, 1.807) is 5.38 Å². The Bertz CT molecular complexity index is 1010. The number of non-ortho nitro benzene ring substituents is 1. The van der Waals surface area contributed by atoms with Crippen LogP contribution < -0.4 is 10.1 Å². The molecular weight excluding hydrogens is 397 g/mol. The Hall–Kier alpha value is -3.04. The summed E-state index contributed by atoms with van der Waals surface area (Å²) in [5, 5.41) is 15.3. The number of nitro groups is 1. The fourth-order valence-corrected chi connectivity index (χ4v) is 3.03. The van der Waals surface area contributed by atoms with Crippen LogP contribution in [-0.2, 0) is 4.79 Å². The molecule has 138 valence electrons. The minimum Gasteiger partial charge on any atom is -0.484 e. The number of nitrogens with zero attached hydrogens (tertiary/aromatic N) is 2. The third-order valence-corrected chi connectivity index (χ3v) is 4.41. The van der Waals surface area contributed by atoms with Crippen molar-refractivity contribution >= 4 is 39.7 Å². The molecule has 1 amide bonds. The van der Waals surface area contributed by atoms with Crippen molar-refractivity contribution in [3.63, 3.8) is 0 Å². The first-order valence-corrected chi connectivity index (χ1v) is 8.76. The maximum atomic E-state index is 13.2. The first kappa shape index (κ1) is 18.7. The van der Waals surface area contributed by atoms with Crippen molar-refractivity contribution in [1.29, 1.82) is 0 Å². The number of halogens is 2. The minimum absolute atomic E-state index is 0.0172. The normalized spacial score (nSPS) is 10.4. The molecule has 0 aliphatic heterocycles. The highest BCUT2D eigenvalue weighted by molar-refractivity contribution is 7.14. The molecular formula is C17H11ClFN3O4S. The van der Waals surface area contributed by atoms with Gasteiger partial charge < -0.3 is 4.74 Å². The van der Waals surface area contributed by atoms with Crippen LogP contribution in [0.15, 0.2) is 47.8 Å². The Morgan fingerprint density at radius 1 is 1.33 bits per heavy atom. The quantitative estimate of drug-likeness (QED) is 0.478. The van der Waals surface area contributed by atoms with E-state index in [1.807, 2.05) is 0 Å². The molecule has 0 unspecified atom stereocenters. The van der Waals surface area contributed by atoms with E-state index in [4.69, 9.17) is 16.3 Å². The van der Waals surface area contributed by atoms with Crippen LogP contribution >= 0.6 is 22.9 Å². The van der Waals surface area contributed by atoms with Gasteiger partial charge >= 0.3 is 0 Å². The summed E-state index contributed by atoms with van der Waals surface area (Å²) in [5.41, 5.74) is 1.03. The van der Waals surface area contributed by atoms with Crippen molar-refractivity contribution in [2.24, 2.45) is 0 Å². The maximum Gasteiger partial charge on any atom is 0.273 e. The highest BCUT2D eigenvalue weighted by atomic mass is 35.5. The summed E-state index contributed by atoms with van der Waals surface area (Å²) in [6.07, 6.45) is 0. The summed E-state index contributed by atoms with van der Waals surface area (Å²) in [6.45, 7) is -0.335. The fourth-order valence-electron chi connectivity index (χ4n) is 2.11. The molecule has 3 aromatic rings. The van der Waals surface area contributed by atoms with Gasteiger partial charge in [-0.05, 0) is 24.3 Å². The molecule has 0 aliphatic carbocycles. The fraction of sp³-hybridized carbons (Fsp3) is 0.0588. The molecule has 0 radical (unpaired) electrons. The third kappa shape index (κ3) is 4.78. The van der Waals surface area contributed by atoms with Gasteiger partial charge in [0, 0.05) is 17.0 Å². The molecule has 2 aromatic carbocycles. The molecule has 1 N–H and O–H groups in total. The van der Waals surface area contributed by atoms with Crippen LogP contribution in [0.2, 0.25) is 5.02 Å². The zero-order chi connectivity index (χ0) is 19.4. The van der Waals surface area contributed by atoms with E-state index >= 15 is 0 Å². The molecule has 1 aromatic heterocycles. The molecule has 0 saturated carbocycles. The number of anilines is 1. The lowest BCUT2D eigenvalue weighted by Crippen LogP contribution is -2.20. The number of amides is 1. The molecule has 0 bridgehead atoms. The molecule has 27 heavy (non-hydrogen) atoms. The van der Waals surface area contributed by atoms with E-state index in [-0.39, 0.29) is 23.1 Å². The second kappa shape index (κ2) is 8.11. The Morgan fingerprint density at radius 2 is 2.15 bits per heavy atom. The lowest BCUT2D eigenvalue weighted by molar-refractivity contribution is -0.384. The first-order valence-electron chi connectivity index (χ1n) is 7.50. The number of nitro benzene ring substituents is 1. The largest absolute Gasteiger partial charge is 0.484 e. The average molecular weight is 408 g/mol. The minimum atomic E-state index is -0.550. The number of rotatable bonds is 6. The van der Waals surface area contributed by atoms with E-state index in [0.717, 1.165) is 0 Å². The van der Waals surface area contributed by atoms with E-state index < -0.39 is 16.6 Å². The first-order chi connectivity index (χ1) is 12.9. The van der Waals surface area contributed by atoms with E-state index in [9.17, 15) is 19.3 Å². The molecule has 10 heteroatoms. The lowest BCUT2D eigenvalue weighted by Gasteiger charge is -2.05. The third-order valence-electron chi connectivity index (χ3n) is 3.36. The molecule has 7 nitrogen and oxygen atoms in total. The zero-order valence-electron chi connectivity index (χ0n) is 13.5. The number of benzene rings is 2. The van der Waals surface area contributed by atoms with Gasteiger partial charge in [-0.25, -0.2) is 9.37 Å². The number of nitrogens with one attached hydrogen (secondary N) is 1. The second-order valence-electron chi connectivity index (χ2n) is 5.26. The van der Waals surface area contributed by atoms with Crippen molar-refractivity contribution in [2.75, 3.05) is 11.9 Å². The molecule has 0 atom stereocenters. The number of hydrogen-bond donors (Lipinski definition) is 1. The van der Waals surface area contributed by atoms with Crippen LogP contribution in [0.5, 0.6) is 5.75 Å². The number of aromatic nitrogens is 1. The van der Waals surface area contributed by atoms with Gasteiger partial charge in [-0.2, -0.15) is 0 Å². The van der Waals surface area contributed by atoms with Crippen LogP contribution in [0.1, 0.15) is 0 Å². The number of hydrogen-bond acceptors (Lipinski definition) is 6. The number of thiazole rings is 1. The monoisotopic (exact) mass is 407 g/mol. The molecule has 3 rings (SSSR count). The topological polar surface area (TPSA) is 94.4 Å². The summed E-state index contributed by atoms with van der Waals surface area (Å²) in [5.74, 6) is -0.790.